The Morgan fingerprint density at radius 2 is 1.86 bits per heavy atom. The lowest BCUT2D eigenvalue weighted by Gasteiger charge is -2.34. The van der Waals surface area contributed by atoms with Crippen LogP contribution < -0.4 is 5.32 Å². The molecule has 1 aliphatic rings. The second-order valence-corrected chi connectivity index (χ2v) is 6.76. The Morgan fingerprint density at radius 3 is 2.73 bits per heavy atom. The Labute approximate surface area is 132 Å². The van der Waals surface area contributed by atoms with Gasteiger partial charge in [0.15, 0.2) is 0 Å². The lowest BCUT2D eigenvalue weighted by atomic mass is 9.78. The van der Waals surface area contributed by atoms with Crippen molar-refractivity contribution in [2.45, 2.75) is 45.6 Å². The van der Waals surface area contributed by atoms with E-state index >= 15 is 0 Å². The molecule has 0 bridgehead atoms. The molecule has 2 nitrogen and oxygen atoms in total. The Bertz CT molecular complexity index is 658. The Balaban J connectivity index is 1.71. The van der Waals surface area contributed by atoms with Crippen LogP contribution in [0.1, 0.15) is 38.7 Å². The molecule has 0 aromatic heterocycles. The van der Waals surface area contributed by atoms with Crippen LogP contribution in [0.15, 0.2) is 42.5 Å². The highest BCUT2D eigenvalue weighted by atomic mass is 16.1. The number of benzene rings is 2. The molecule has 1 saturated carbocycles. The van der Waals surface area contributed by atoms with Crippen molar-refractivity contribution < 1.29 is 4.79 Å². The van der Waals surface area contributed by atoms with E-state index < -0.39 is 0 Å². The summed E-state index contributed by atoms with van der Waals surface area (Å²) in [6.45, 7) is 4.57. The first-order valence-electron chi connectivity index (χ1n) is 8.41. The van der Waals surface area contributed by atoms with E-state index in [1.807, 2.05) is 18.2 Å². The highest BCUT2D eigenvalue weighted by Gasteiger charge is 2.28. The molecule has 2 aromatic rings. The lowest BCUT2D eigenvalue weighted by Crippen LogP contribution is -2.44. The third-order valence-electron chi connectivity index (χ3n) is 5.28. The van der Waals surface area contributed by atoms with Crippen molar-refractivity contribution in [3.05, 3.63) is 48.0 Å². The molecule has 1 aliphatic carbocycles. The van der Waals surface area contributed by atoms with Crippen LogP contribution in [0.5, 0.6) is 0 Å². The van der Waals surface area contributed by atoms with Crippen molar-refractivity contribution in [1.29, 1.82) is 0 Å². The first-order chi connectivity index (χ1) is 10.6. The number of amides is 1. The van der Waals surface area contributed by atoms with Crippen molar-refractivity contribution in [3.8, 4) is 0 Å². The van der Waals surface area contributed by atoms with E-state index in [1.54, 1.807) is 0 Å². The molecule has 1 N–H and O–H groups in total. The zero-order valence-electron chi connectivity index (χ0n) is 13.5. The number of carbonyl (C=O) groups is 1. The van der Waals surface area contributed by atoms with Crippen LogP contribution in [-0.2, 0) is 11.2 Å². The molecule has 0 spiro atoms. The highest BCUT2D eigenvalue weighted by Crippen LogP contribution is 2.29. The van der Waals surface area contributed by atoms with E-state index in [1.165, 1.54) is 23.6 Å². The van der Waals surface area contributed by atoms with Crippen LogP contribution in [0.3, 0.4) is 0 Å². The molecule has 22 heavy (non-hydrogen) atoms. The number of hydrogen-bond donors (Lipinski definition) is 1. The molecule has 3 atom stereocenters. The monoisotopic (exact) mass is 295 g/mol. The van der Waals surface area contributed by atoms with Crippen LogP contribution in [-0.4, -0.2) is 11.9 Å². The minimum atomic E-state index is 0.155. The van der Waals surface area contributed by atoms with E-state index in [9.17, 15) is 4.79 Å². The van der Waals surface area contributed by atoms with Gasteiger partial charge in [-0.1, -0.05) is 69.2 Å². The lowest BCUT2D eigenvalue weighted by molar-refractivity contribution is -0.121. The first-order valence-corrected chi connectivity index (χ1v) is 8.41. The van der Waals surface area contributed by atoms with E-state index in [-0.39, 0.29) is 5.91 Å². The smallest absolute Gasteiger partial charge is 0.224 e. The van der Waals surface area contributed by atoms with Crippen molar-refractivity contribution in [3.63, 3.8) is 0 Å². The maximum absolute atomic E-state index is 12.5. The van der Waals surface area contributed by atoms with Crippen molar-refractivity contribution >= 4 is 16.7 Å². The van der Waals surface area contributed by atoms with Gasteiger partial charge in [0.2, 0.25) is 5.91 Å². The summed E-state index contributed by atoms with van der Waals surface area (Å²) < 4.78 is 0. The first kappa shape index (κ1) is 15.1. The fraction of sp³-hybridized carbons (Fsp3) is 0.450. The summed E-state index contributed by atoms with van der Waals surface area (Å²) >= 11 is 0. The molecule has 1 amide bonds. The average molecular weight is 295 g/mol. The fourth-order valence-electron chi connectivity index (χ4n) is 3.66. The molecule has 0 heterocycles. The molecule has 1 fully saturated rings. The Hall–Kier alpha value is -1.83. The van der Waals surface area contributed by atoms with Gasteiger partial charge in [0.1, 0.15) is 0 Å². The Morgan fingerprint density at radius 1 is 1.09 bits per heavy atom. The van der Waals surface area contributed by atoms with E-state index in [0.717, 1.165) is 12.0 Å². The maximum Gasteiger partial charge on any atom is 0.224 e. The molecular weight excluding hydrogens is 270 g/mol. The van der Waals surface area contributed by atoms with Crippen LogP contribution in [0.25, 0.3) is 10.8 Å². The van der Waals surface area contributed by atoms with Gasteiger partial charge in [-0.3, -0.25) is 4.79 Å². The molecule has 3 unspecified atom stereocenters. The molecule has 0 aliphatic heterocycles. The molecule has 116 valence electrons. The van der Waals surface area contributed by atoms with Crippen molar-refractivity contribution in [2.75, 3.05) is 0 Å². The number of nitrogens with one attached hydrogen (secondary N) is 1. The van der Waals surface area contributed by atoms with Gasteiger partial charge in [0.05, 0.1) is 6.42 Å². The van der Waals surface area contributed by atoms with Gasteiger partial charge < -0.3 is 5.32 Å². The second-order valence-electron chi connectivity index (χ2n) is 6.76. The highest BCUT2D eigenvalue weighted by molar-refractivity contribution is 5.90. The summed E-state index contributed by atoms with van der Waals surface area (Å²) in [7, 11) is 0. The molecule has 0 radical (unpaired) electrons. The van der Waals surface area contributed by atoms with Gasteiger partial charge in [-0.25, -0.2) is 0 Å². The van der Waals surface area contributed by atoms with Gasteiger partial charge in [-0.2, -0.15) is 0 Å². The van der Waals surface area contributed by atoms with Crippen LogP contribution in [0, 0.1) is 11.8 Å². The predicted molar refractivity (Wildman–Crippen MR) is 91.8 cm³/mol. The zero-order valence-corrected chi connectivity index (χ0v) is 13.5. The fourth-order valence-corrected chi connectivity index (χ4v) is 3.66. The summed E-state index contributed by atoms with van der Waals surface area (Å²) in [5, 5.41) is 5.66. The van der Waals surface area contributed by atoms with Crippen molar-refractivity contribution in [1.82, 2.24) is 5.32 Å². The topological polar surface area (TPSA) is 29.1 Å². The number of rotatable bonds is 3. The largest absolute Gasteiger partial charge is 0.353 e. The van der Waals surface area contributed by atoms with E-state index in [0.29, 0.717) is 24.3 Å². The van der Waals surface area contributed by atoms with Gasteiger partial charge >= 0.3 is 0 Å². The second kappa shape index (κ2) is 6.51. The number of carbonyl (C=O) groups excluding carboxylic acids is 1. The number of hydrogen-bond acceptors (Lipinski definition) is 1. The molecule has 3 rings (SSSR count). The molecule has 0 saturated heterocycles. The minimum absolute atomic E-state index is 0.155. The standard InChI is InChI=1S/C20H25NO/c1-14-7-5-12-19(15(14)2)21-20(22)13-17-10-6-9-16-8-3-4-11-18(16)17/h3-4,6,8-11,14-15,19H,5,7,12-13H2,1-2H3,(H,21,22). The molecule has 2 aromatic carbocycles. The summed E-state index contributed by atoms with van der Waals surface area (Å²) in [6.07, 6.45) is 4.10. The van der Waals surface area contributed by atoms with Crippen LogP contribution in [0.4, 0.5) is 0 Å². The third kappa shape index (κ3) is 3.16. The van der Waals surface area contributed by atoms with Crippen molar-refractivity contribution in [2.24, 2.45) is 11.8 Å². The van der Waals surface area contributed by atoms with Gasteiger partial charge in [-0.05, 0) is 34.6 Å². The summed E-state index contributed by atoms with van der Waals surface area (Å²) in [5.41, 5.74) is 1.12. The van der Waals surface area contributed by atoms with E-state index in [2.05, 4.69) is 43.4 Å². The SMILES string of the molecule is CC1CCCC(NC(=O)Cc2cccc3ccccc23)C1C. The minimum Gasteiger partial charge on any atom is -0.353 e. The average Bonchev–Trinajstić information content (AvgIpc) is 2.52. The summed E-state index contributed by atoms with van der Waals surface area (Å²) in [6, 6.07) is 14.8. The zero-order chi connectivity index (χ0) is 15.5. The quantitative estimate of drug-likeness (QED) is 0.897. The predicted octanol–water partition coefficient (Wildman–Crippen LogP) is 4.32. The summed E-state index contributed by atoms with van der Waals surface area (Å²) in [5.74, 6) is 1.43. The van der Waals surface area contributed by atoms with E-state index in [4.69, 9.17) is 0 Å². The summed E-state index contributed by atoms with van der Waals surface area (Å²) in [4.78, 5) is 12.5. The van der Waals surface area contributed by atoms with Gasteiger partial charge in [0, 0.05) is 6.04 Å². The van der Waals surface area contributed by atoms with Gasteiger partial charge in [-0.15, -0.1) is 0 Å². The normalized spacial score (nSPS) is 25.1. The van der Waals surface area contributed by atoms with Gasteiger partial charge in [0.25, 0.3) is 0 Å². The molecular formula is C20H25NO. The van der Waals surface area contributed by atoms with Crippen LogP contribution in [0.2, 0.25) is 0 Å². The third-order valence-corrected chi connectivity index (χ3v) is 5.28. The molecule has 2 heteroatoms. The Kier molecular flexibility index (Phi) is 4.47. The van der Waals surface area contributed by atoms with Crippen LogP contribution >= 0.6 is 0 Å². The number of fused-ring (bicyclic) bond motifs is 1. The maximum atomic E-state index is 12.5.